The first-order valence-corrected chi connectivity index (χ1v) is 7.14. The Morgan fingerprint density at radius 1 is 0.850 bits per heavy atom. The number of nitrogens with one attached hydrogen (secondary N) is 1. The van der Waals surface area contributed by atoms with Crippen LogP contribution in [0, 0.1) is 0 Å². The predicted octanol–water partition coefficient (Wildman–Crippen LogP) is 3.65. The zero-order chi connectivity index (χ0) is 13.4. The summed E-state index contributed by atoms with van der Waals surface area (Å²) < 4.78 is 5.56. The van der Waals surface area contributed by atoms with Gasteiger partial charge in [-0.2, -0.15) is 0 Å². The summed E-state index contributed by atoms with van der Waals surface area (Å²) in [5.41, 5.74) is 1.31. The monoisotopic (exact) mass is 263 g/mol. The third-order valence-electron chi connectivity index (χ3n) is 4.05. The number of hydrogen-bond acceptors (Lipinski definition) is 2. The molecule has 1 fully saturated rings. The molecule has 1 aliphatic heterocycles. The number of rotatable bonds is 1. The minimum absolute atomic E-state index is 0.319. The zero-order valence-corrected chi connectivity index (χ0v) is 11.3. The molecule has 1 N–H and O–H groups in total. The molecule has 2 nitrogen and oxygen atoms in total. The van der Waals surface area contributed by atoms with Crippen molar-refractivity contribution < 1.29 is 4.74 Å². The Morgan fingerprint density at radius 3 is 2.35 bits per heavy atom. The van der Waals surface area contributed by atoms with Gasteiger partial charge >= 0.3 is 0 Å². The highest BCUT2D eigenvalue weighted by Crippen LogP contribution is 2.26. The molecule has 0 aliphatic carbocycles. The molecule has 1 heterocycles. The molecule has 0 spiro atoms. The van der Waals surface area contributed by atoms with Gasteiger partial charge in [-0.1, -0.05) is 36.4 Å². The average Bonchev–Trinajstić information content (AvgIpc) is 2.53. The molecule has 0 unspecified atom stereocenters. The molecule has 0 bridgehead atoms. The largest absolute Gasteiger partial charge is 0.378 e. The molecule has 0 saturated carbocycles. The summed E-state index contributed by atoms with van der Waals surface area (Å²) in [6, 6.07) is 20.1. The molecular weight excluding hydrogens is 246 g/mol. The molecule has 1 saturated heterocycles. The fourth-order valence-electron chi connectivity index (χ4n) is 2.95. The topological polar surface area (TPSA) is 21.3 Å². The molecule has 3 aromatic carbocycles. The number of hydrogen-bond donors (Lipinski definition) is 1. The van der Waals surface area contributed by atoms with Crippen molar-refractivity contribution in [3.63, 3.8) is 0 Å². The summed E-state index contributed by atoms with van der Waals surface area (Å²) in [7, 11) is 0. The molecule has 0 aromatic heterocycles. The summed E-state index contributed by atoms with van der Waals surface area (Å²) in [6.07, 6.45) is 0. The van der Waals surface area contributed by atoms with Crippen LogP contribution in [0.1, 0.15) is 11.6 Å². The lowest BCUT2D eigenvalue weighted by Gasteiger charge is -2.24. The van der Waals surface area contributed by atoms with Gasteiger partial charge in [0.15, 0.2) is 0 Å². The molecule has 1 aliphatic rings. The Morgan fingerprint density at radius 2 is 1.60 bits per heavy atom. The predicted molar refractivity (Wildman–Crippen MR) is 83.0 cm³/mol. The van der Waals surface area contributed by atoms with E-state index in [4.69, 9.17) is 4.74 Å². The summed E-state index contributed by atoms with van der Waals surface area (Å²) in [4.78, 5) is 0. The van der Waals surface area contributed by atoms with E-state index in [-0.39, 0.29) is 0 Å². The lowest BCUT2D eigenvalue weighted by molar-refractivity contribution is 0.0769. The molecule has 0 radical (unpaired) electrons. The Hall–Kier alpha value is -1.90. The van der Waals surface area contributed by atoms with Gasteiger partial charge in [0, 0.05) is 6.54 Å². The van der Waals surface area contributed by atoms with E-state index in [2.05, 4.69) is 59.9 Å². The van der Waals surface area contributed by atoms with Crippen LogP contribution in [0.3, 0.4) is 0 Å². The molecule has 3 aromatic rings. The number of ether oxygens (including phenoxy) is 1. The Bertz CT molecular complexity index is 760. The molecule has 2 heteroatoms. The van der Waals surface area contributed by atoms with Crippen LogP contribution in [-0.4, -0.2) is 19.8 Å². The molecular formula is C18H17NO. The Kier molecular flexibility index (Phi) is 2.91. The summed E-state index contributed by atoms with van der Waals surface area (Å²) in [6.45, 7) is 2.51. The van der Waals surface area contributed by atoms with Crippen LogP contribution in [0.2, 0.25) is 0 Å². The minimum atomic E-state index is 0.319. The average molecular weight is 263 g/mol. The van der Waals surface area contributed by atoms with Crippen LogP contribution in [0.4, 0.5) is 0 Å². The van der Waals surface area contributed by atoms with Gasteiger partial charge in [0.1, 0.15) is 0 Å². The molecule has 4 rings (SSSR count). The van der Waals surface area contributed by atoms with E-state index < -0.39 is 0 Å². The highest BCUT2D eigenvalue weighted by Gasteiger charge is 2.15. The van der Waals surface area contributed by atoms with E-state index >= 15 is 0 Å². The van der Waals surface area contributed by atoms with Crippen LogP contribution in [0.5, 0.6) is 0 Å². The van der Waals surface area contributed by atoms with Crippen molar-refractivity contribution in [1.82, 2.24) is 5.32 Å². The van der Waals surface area contributed by atoms with Crippen molar-refractivity contribution >= 4 is 21.5 Å². The van der Waals surface area contributed by atoms with E-state index in [9.17, 15) is 0 Å². The van der Waals surface area contributed by atoms with E-state index in [0.29, 0.717) is 6.04 Å². The summed E-state index contributed by atoms with van der Waals surface area (Å²) in [5.74, 6) is 0. The highest BCUT2D eigenvalue weighted by atomic mass is 16.5. The quantitative estimate of drug-likeness (QED) is 0.677. The van der Waals surface area contributed by atoms with Crippen LogP contribution >= 0.6 is 0 Å². The molecule has 0 amide bonds. The third-order valence-corrected chi connectivity index (χ3v) is 4.05. The number of benzene rings is 3. The van der Waals surface area contributed by atoms with Crippen molar-refractivity contribution in [2.75, 3.05) is 19.8 Å². The van der Waals surface area contributed by atoms with Crippen LogP contribution in [-0.2, 0) is 4.74 Å². The lowest BCUT2D eigenvalue weighted by Crippen LogP contribution is -2.34. The second-order valence-corrected chi connectivity index (χ2v) is 5.39. The van der Waals surface area contributed by atoms with Crippen molar-refractivity contribution in [2.24, 2.45) is 0 Å². The maximum Gasteiger partial charge on any atom is 0.0662 e. The maximum atomic E-state index is 5.56. The normalized spacial score (nSPS) is 19.5. The van der Waals surface area contributed by atoms with Crippen molar-refractivity contribution in [1.29, 1.82) is 0 Å². The minimum Gasteiger partial charge on any atom is -0.378 e. The fourth-order valence-corrected chi connectivity index (χ4v) is 2.95. The van der Waals surface area contributed by atoms with Gasteiger partial charge < -0.3 is 10.1 Å². The fraction of sp³-hybridized carbons (Fsp3) is 0.222. The first-order chi connectivity index (χ1) is 9.90. The van der Waals surface area contributed by atoms with E-state index in [1.807, 2.05) is 0 Å². The second kappa shape index (κ2) is 4.89. The van der Waals surface area contributed by atoms with Crippen LogP contribution < -0.4 is 5.32 Å². The van der Waals surface area contributed by atoms with Gasteiger partial charge in [0.2, 0.25) is 0 Å². The van der Waals surface area contributed by atoms with Crippen LogP contribution in [0.25, 0.3) is 21.5 Å². The van der Waals surface area contributed by atoms with Gasteiger partial charge in [-0.3, -0.25) is 0 Å². The van der Waals surface area contributed by atoms with Gasteiger partial charge in [-0.05, 0) is 45.3 Å². The van der Waals surface area contributed by atoms with Gasteiger partial charge in [0.25, 0.3) is 0 Å². The van der Waals surface area contributed by atoms with Gasteiger partial charge in [-0.25, -0.2) is 0 Å². The van der Waals surface area contributed by atoms with Gasteiger partial charge in [-0.15, -0.1) is 0 Å². The summed E-state index contributed by atoms with van der Waals surface area (Å²) in [5, 5.41) is 8.70. The van der Waals surface area contributed by atoms with E-state index in [0.717, 1.165) is 19.8 Å². The smallest absolute Gasteiger partial charge is 0.0662 e. The second-order valence-electron chi connectivity index (χ2n) is 5.39. The SMILES string of the molecule is c1ccc2cc3cc([C@@H]4COCCN4)ccc3cc2c1. The number of morpholine rings is 1. The standard InChI is InChI=1S/C18H17NO/c1-2-4-14-10-17-11-16(18-12-20-8-7-19-18)6-5-15(17)9-13(14)3-1/h1-6,9-11,18-19H,7-8,12H2/t18-/m0/s1. The zero-order valence-electron chi connectivity index (χ0n) is 11.3. The summed E-state index contributed by atoms with van der Waals surface area (Å²) >= 11 is 0. The molecule has 1 atom stereocenters. The maximum absolute atomic E-state index is 5.56. The van der Waals surface area contributed by atoms with Crippen LogP contribution in [0.15, 0.2) is 54.6 Å². The lowest BCUT2D eigenvalue weighted by atomic mass is 9.99. The number of fused-ring (bicyclic) bond motifs is 2. The van der Waals surface area contributed by atoms with Crippen molar-refractivity contribution in [3.8, 4) is 0 Å². The van der Waals surface area contributed by atoms with E-state index in [1.54, 1.807) is 0 Å². The third kappa shape index (κ3) is 2.07. The van der Waals surface area contributed by atoms with Gasteiger partial charge in [0.05, 0.1) is 19.3 Å². The molecule has 20 heavy (non-hydrogen) atoms. The highest BCUT2D eigenvalue weighted by molar-refractivity contribution is 5.98. The van der Waals surface area contributed by atoms with Crippen molar-refractivity contribution in [2.45, 2.75) is 6.04 Å². The van der Waals surface area contributed by atoms with Crippen molar-refractivity contribution in [3.05, 3.63) is 60.2 Å². The van der Waals surface area contributed by atoms with E-state index in [1.165, 1.54) is 27.1 Å². The Balaban J connectivity index is 1.83. The first-order valence-electron chi connectivity index (χ1n) is 7.14. The Labute approximate surface area is 118 Å². The molecule has 100 valence electrons. The first kappa shape index (κ1) is 11.9.